The summed E-state index contributed by atoms with van der Waals surface area (Å²) in [5.74, 6) is 3.56. The molecule has 104 valence electrons. The molecule has 2 bridgehead atoms. The molecule has 2 aromatic rings. The third-order valence-corrected chi connectivity index (χ3v) is 5.29. The summed E-state index contributed by atoms with van der Waals surface area (Å²) >= 11 is 5.42. The Kier molecular flexibility index (Phi) is 2.95. The summed E-state index contributed by atoms with van der Waals surface area (Å²) in [4.78, 5) is 4.18. The molecule has 3 unspecified atom stereocenters. The standard InChI is InChI=1S/C15H18N4S/c20-15-18-17-14(12-2-1-5-16-8-12)19(15)9-13-7-10-3-4-11(13)6-10/h1-2,5,8,10-11,13H,3-4,6-7,9H2,(H,18,20). The first kappa shape index (κ1) is 12.3. The van der Waals surface area contributed by atoms with Gasteiger partial charge in [-0.25, -0.2) is 0 Å². The van der Waals surface area contributed by atoms with Crippen molar-refractivity contribution in [2.24, 2.45) is 17.8 Å². The van der Waals surface area contributed by atoms with E-state index in [-0.39, 0.29) is 0 Å². The number of aromatic amines is 1. The van der Waals surface area contributed by atoms with Gasteiger partial charge in [0.15, 0.2) is 10.6 Å². The van der Waals surface area contributed by atoms with E-state index in [0.717, 1.165) is 40.5 Å². The van der Waals surface area contributed by atoms with Crippen LogP contribution in [0.15, 0.2) is 24.5 Å². The molecule has 4 nitrogen and oxygen atoms in total. The second-order valence-electron chi connectivity index (χ2n) is 6.14. The zero-order chi connectivity index (χ0) is 13.5. The van der Waals surface area contributed by atoms with Crippen LogP contribution in [0.1, 0.15) is 25.7 Å². The van der Waals surface area contributed by atoms with Crippen molar-refractivity contribution in [2.75, 3.05) is 0 Å². The van der Waals surface area contributed by atoms with Crippen LogP contribution in [0.25, 0.3) is 11.4 Å². The number of hydrogen-bond acceptors (Lipinski definition) is 3. The van der Waals surface area contributed by atoms with Crippen LogP contribution in [0.5, 0.6) is 0 Å². The van der Waals surface area contributed by atoms with E-state index in [2.05, 4.69) is 19.7 Å². The Hall–Kier alpha value is -1.49. The fourth-order valence-electron chi connectivity index (χ4n) is 4.04. The minimum absolute atomic E-state index is 0.728. The largest absolute Gasteiger partial charge is 0.300 e. The molecule has 2 aliphatic rings. The first-order valence-corrected chi connectivity index (χ1v) is 7.77. The first-order valence-electron chi connectivity index (χ1n) is 7.37. The molecule has 0 amide bonds. The van der Waals surface area contributed by atoms with E-state index < -0.39 is 0 Å². The van der Waals surface area contributed by atoms with Gasteiger partial charge in [0.2, 0.25) is 0 Å². The van der Waals surface area contributed by atoms with Crippen molar-refractivity contribution in [3.8, 4) is 11.4 Å². The average Bonchev–Trinajstić information content (AvgIpc) is 3.17. The van der Waals surface area contributed by atoms with E-state index in [1.165, 1.54) is 25.7 Å². The first-order chi connectivity index (χ1) is 9.81. The number of H-pyrrole nitrogens is 1. The molecule has 20 heavy (non-hydrogen) atoms. The number of nitrogens with zero attached hydrogens (tertiary/aromatic N) is 3. The summed E-state index contributed by atoms with van der Waals surface area (Å²) in [5.41, 5.74) is 1.03. The highest BCUT2D eigenvalue weighted by molar-refractivity contribution is 7.71. The van der Waals surface area contributed by atoms with E-state index in [0.29, 0.717) is 0 Å². The van der Waals surface area contributed by atoms with Crippen LogP contribution in [-0.2, 0) is 6.54 Å². The van der Waals surface area contributed by atoms with E-state index >= 15 is 0 Å². The number of pyridine rings is 1. The topological polar surface area (TPSA) is 46.5 Å². The summed E-state index contributed by atoms with van der Waals surface area (Å²) < 4.78 is 2.89. The van der Waals surface area contributed by atoms with Crippen molar-refractivity contribution in [2.45, 2.75) is 32.2 Å². The molecule has 4 rings (SSSR count). The van der Waals surface area contributed by atoms with Gasteiger partial charge in [0.25, 0.3) is 0 Å². The lowest BCUT2D eigenvalue weighted by Gasteiger charge is -2.22. The van der Waals surface area contributed by atoms with Crippen LogP contribution < -0.4 is 0 Å². The maximum absolute atomic E-state index is 5.42. The number of rotatable bonds is 3. The van der Waals surface area contributed by atoms with E-state index in [9.17, 15) is 0 Å². The van der Waals surface area contributed by atoms with Gasteiger partial charge in [-0.1, -0.05) is 6.42 Å². The Morgan fingerprint density at radius 3 is 3.00 bits per heavy atom. The molecular weight excluding hydrogens is 268 g/mol. The van der Waals surface area contributed by atoms with Crippen molar-refractivity contribution in [3.05, 3.63) is 29.3 Å². The lowest BCUT2D eigenvalue weighted by molar-refractivity contribution is 0.295. The SMILES string of the molecule is S=c1[nH]nc(-c2cccnc2)n1CC1CC2CCC1C2. The van der Waals surface area contributed by atoms with Crippen molar-refractivity contribution in [1.82, 2.24) is 19.7 Å². The molecule has 3 atom stereocenters. The molecule has 0 spiro atoms. The van der Waals surface area contributed by atoms with Crippen molar-refractivity contribution < 1.29 is 0 Å². The summed E-state index contributed by atoms with van der Waals surface area (Å²) in [5, 5.41) is 7.34. The normalized spacial score (nSPS) is 28.1. The third-order valence-electron chi connectivity index (χ3n) is 4.98. The predicted molar refractivity (Wildman–Crippen MR) is 79.6 cm³/mol. The predicted octanol–water partition coefficient (Wildman–Crippen LogP) is 3.44. The van der Waals surface area contributed by atoms with Gasteiger partial charge in [-0.15, -0.1) is 0 Å². The zero-order valence-electron chi connectivity index (χ0n) is 11.3. The smallest absolute Gasteiger partial charge is 0.195 e. The average molecular weight is 286 g/mol. The van der Waals surface area contributed by atoms with Crippen molar-refractivity contribution in [3.63, 3.8) is 0 Å². The monoisotopic (exact) mass is 286 g/mol. The van der Waals surface area contributed by atoms with Crippen LogP contribution in [0.2, 0.25) is 0 Å². The third kappa shape index (κ3) is 2.00. The maximum Gasteiger partial charge on any atom is 0.195 e. The van der Waals surface area contributed by atoms with Gasteiger partial charge >= 0.3 is 0 Å². The fourth-order valence-corrected chi connectivity index (χ4v) is 4.24. The van der Waals surface area contributed by atoms with Crippen LogP contribution in [-0.4, -0.2) is 19.7 Å². The van der Waals surface area contributed by atoms with Gasteiger partial charge in [-0.3, -0.25) is 14.6 Å². The fraction of sp³-hybridized carbons (Fsp3) is 0.533. The highest BCUT2D eigenvalue weighted by Crippen LogP contribution is 2.49. The molecule has 2 saturated carbocycles. The summed E-state index contributed by atoms with van der Waals surface area (Å²) in [6.07, 6.45) is 9.27. The van der Waals surface area contributed by atoms with Gasteiger partial charge in [0, 0.05) is 24.5 Å². The molecule has 0 aromatic carbocycles. The maximum atomic E-state index is 5.42. The molecule has 2 aliphatic carbocycles. The minimum atomic E-state index is 0.728. The lowest BCUT2D eigenvalue weighted by Crippen LogP contribution is -2.18. The molecule has 0 radical (unpaired) electrons. The molecule has 2 fully saturated rings. The highest BCUT2D eigenvalue weighted by Gasteiger charge is 2.39. The summed E-state index contributed by atoms with van der Waals surface area (Å²) in [6.45, 7) is 1.00. The van der Waals surface area contributed by atoms with Gasteiger partial charge in [-0.05, 0) is 61.4 Å². The lowest BCUT2D eigenvalue weighted by atomic mass is 9.89. The zero-order valence-corrected chi connectivity index (χ0v) is 12.1. The molecular formula is C15H18N4S. The van der Waals surface area contributed by atoms with Crippen molar-refractivity contribution >= 4 is 12.2 Å². The van der Waals surface area contributed by atoms with E-state index in [4.69, 9.17) is 12.2 Å². The van der Waals surface area contributed by atoms with E-state index in [1.54, 1.807) is 6.20 Å². The second kappa shape index (κ2) is 4.81. The van der Waals surface area contributed by atoms with Crippen LogP contribution >= 0.6 is 12.2 Å². The van der Waals surface area contributed by atoms with Crippen LogP contribution in [0.3, 0.4) is 0 Å². The Morgan fingerprint density at radius 1 is 1.35 bits per heavy atom. The molecule has 2 heterocycles. The summed E-state index contributed by atoms with van der Waals surface area (Å²) in [6, 6.07) is 3.98. The van der Waals surface area contributed by atoms with Gasteiger partial charge in [0.05, 0.1) is 0 Å². The van der Waals surface area contributed by atoms with Gasteiger partial charge in [0.1, 0.15) is 0 Å². The Morgan fingerprint density at radius 2 is 2.30 bits per heavy atom. The quantitative estimate of drug-likeness (QED) is 0.879. The highest BCUT2D eigenvalue weighted by atomic mass is 32.1. The summed E-state index contributed by atoms with van der Waals surface area (Å²) in [7, 11) is 0. The van der Waals surface area contributed by atoms with E-state index in [1.807, 2.05) is 18.3 Å². The molecule has 0 saturated heterocycles. The second-order valence-corrected chi connectivity index (χ2v) is 6.53. The number of hydrogen-bond donors (Lipinski definition) is 1. The van der Waals surface area contributed by atoms with Crippen molar-refractivity contribution in [1.29, 1.82) is 0 Å². The molecule has 2 aromatic heterocycles. The Balaban J connectivity index is 1.65. The van der Waals surface area contributed by atoms with Crippen LogP contribution in [0, 0.1) is 22.5 Å². The Bertz CT molecular complexity index is 660. The van der Waals surface area contributed by atoms with Crippen LogP contribution in [0.4, 0.5) is 0 Å². The Labute approximate surface area is 123 Å². The molecule has 0 aliphatic heterocycles. The number of fused-ring (bicyclic) bond motifs is 2. The number of aromatic nitrogens is 4. The van der Waals surface area contributed by atoms with Gasteiger partial charge in [-0.2, -0.15) is 5.10 Å². The number of nitrogens with one attached hydrogen (secondary N) is 1. The molecule has 5 heteroatoms. The molecule has 1 N–H and O–H groups in total. The van der Waals surface area contributed by atoms with Gasteiger partial charge < -0.3 is 0 Å². The minimum Gasteiger partial charge on any atom is -0.300 e.